The molecule has 0 aliphatic carbocycles. The molecule has 0 saturated carbocycles. The Bertz CT molecular complexity index is 1280. The summed E-state index contributed by atoms with van der Waals surface area (Å²) < 4.78 is 9.76. The molecule has 1 N–H and O–H groups in total. The quantitative estimate of drug-likeness (QED) is 0.343. The molecule has 33 heavy (non-hydrogen) atoms. The van der Waals surface area contributed by atoms with Crippen LogP contribution in [0.15, 0.2) is 66.7 Å². The molecule has 2 heterocycles. The van der Waals surface area contributed by atoms with Gasteiger partial charge in [0.2, 0.25) is 0 Å². The Morgan fingerprint density at radius 2 is 1.70 bits per heavy atom. The number of nitrogens with zero attached hydrogens (tertiary/aromatic N) is 3. The Morgan fingerprint density at radius 3 is 2.45 bits per heavy atom. The molecule has 8 heteroatoms. The van der Waals surface area contributed by atoms with Gasteiger partial charge < -0.3 is 9.84 Å². The second kappa shape index (κ2) is 9.35. The fourth-order valence-electron chi connectivity index (χ4n) is 4.17. The number of fused-ring (bicyclic) bond motifs is 1. The van der Waals surface area contributed by atoms with Crippen LogP contribution in [0.25, 0.3) is 5.69 Å². The number of hydrogen-bond acceptors (Lipinski definition) is 3. The van der Waals surface area contributed by atoms with Crippen LogP contribution < -0.4 is 9.30 Å². The molecule has 0 bridgehead atoms. The van der Waals surface area contributed by atoms with E-state index in [1.54, 1.807) is 16.8 Å². The van der Waals surface area contributed by atoms with Gasteiger partial charge in [-0.15, -0.1) is 0 Å². The van der Waals surface area contributed by atoms with E-state index in [1.165, 1.54) is 0 Å². The van der Waals surface area contributed by atoms with E-state index in [0.717, 1.165) is 30.8 Å². The Labute approximate surface area is 206 Å². The minimum atomic E-state index is -1.01. The molecule has 1 unspecified atom stereocenters. The van der Waals surface area contributed by atoms with Crippen molar-refractivity contribution >= 4 is 34.8 Å². The molecule has 4 aromatic rings. The first kappa shape index (κ1) is 22.2. The first-order valence-electron chi connectivity index (χ1n) is 10.6. The standard InChI is InChI=1S/C25H21Cl3N3O2/c26-17-13-19(27)23(20(28)14-17)31-25(30-12-6-11-22(30)29-31)24(32)18-9-4-5-10-21(18)33-15-16-7-2-1-3-8-16/h1-5,7-10,13-14,24,32H,6,11-12,15H2/q+1. The summed E-state index contributed by atoms with van der Waals surface area (Å²) in [7, 11) is 0. The summed E-state index contributed by atoms with van der Waals surface area (Å²) >= 11 is 19.2. The van der Waals surface area contributed by atoms with Crippen molar-refractivity contribution in [2.45, 2.75) is 32.1 Å². The lowest BCUT2D eigenvalue weighted by molar-refractivity contribution is -0.701. The van der Waals surface area contributed by atoms with Crippen LogP contribution in [0.2, 0.25) is 15.1 Å². The van der Waals surface area contributed by atoms with Crippen LogP contribution in [0.5, 0.6) is 5.75 Å². The van der Waals surface area contributed by atoms with Gasteiger partial charge in [-0.1, -0.05) is 88.0 Å². The number of benzene rings is 3. The predicted molar refractivity (Wildman–Crippen MR) is 128 cm³/mol. The minimum Gasteiger partial charge on any atom is -0.489 e. The van der Waals surface area contributed by atoms with Crippen molar-refractivity contribution in [1.29, 1.82) is 0 Å². The number of aromatic nitrogens is 3. The van der Waals surface area contributed by atoms with E-state index in [1.807, 2.05) is 59.2 Å². The first-order chi connectivity index (χ1) is 16.0. The molecule has 0 spiro atoms. The monoisotopic (exact) mass is 500 g/mol. The van der Waals surface area contributed by atoms with Gasteiger partial charge in [-0.05, 0) is 30.2 Å². The number of aryl methyl sites for hydroxylation is 1. The molecule has 0 saturated heterocycles. The largest absolute Gasteiger partial charge is 0.489 e. The Balaban J connectivity index is 1.57. The lowest BCUT2D eigenvalue weighted by atomic mass is 10.1. The van der Waals surface area contributed by atoms with Crippen molar-refractivity contribution in [3.63, 3.8) is 0 Å². The fraction of sp³-hybridized carbons (Fsp3) is 0.200. The highest BCUT2D eigenvalue weighted by Crippen LogP contribution is 2.36. The molecule has 1 aliphatic heterocycles. The summed E-state index contributed by atoms with van der Waals surface area (Å²) in [6, 6.07) is 20.6. The van der Waals surface area contributed by atoms with Crippen LogP contribution in [0.1, 0.15) is 35.3 Å². The highest BCUT2D eigenvalue weighted by molar-refractivity contribution is 6.40. The van der Waals surface area contributed by atoms with Crippen LogP contribution in [-0.4, -0.2) is 14.9 Å². The summed E-state index contributed by atoms with van der Waals surface area (Å²) in [5.41, 5.74) is 2.17. The zero-order valence-electron chi connectivity index (χ0n) is 17.6. The maximum absolute atomic E-state index is 11.6. The maximum Gasteiger partial charge on any atom is 0.278 e. The van der Waals surface area contributed by atoms with E-state index in [4.69, 9.17) is 44.6 Å². The molecule has 1 atom stereocenters. The molecule has 5 rings (SSSR count). The van der Waals surface area contributed by atoms with Gasteiger partial charge in [0.25, 0.3) is 11.6 Å². The summed E-state index contributed by atoms with van der Waals surface area (Å²) in [6.45, 7) is 1.14. The topological polar surface area (TPSA) is 51.2 Å². The predicted octanol–water partition coefficient (Wildman–Crippen LogP) is 5.73. The number of hydrogen-bond donors (Lipinski definition) is 1. The lowest BCUT2D eigenvalue weighted by Gasteiger charge is -2.16. The summed E-state index contributed by atoms with van der Waals surface area (Å²) in [4.78, 5) is 0. The average Bonchev–Trinajstić information content (AvgIpc) is 3.39. The van der Waals surface area contributed by atoms with E-state index < -0.39 is 6.10 Å². The van der Waals surface area contributed by atoms with Crippen molar-refractivity contribution in [3.05, 3.63) is 105 Å². The number of halogens is 3. The summed E-state index contributed by atoms with van der Waals surface area (Å²) in [5, 5.41) is 17.5. The third-order valence-electron chi connectivity index (χ3n) is 5.69. The molecule has 0 fully saturated rings. The van der Waals surface area contributed by atoms with Gasteiger partial charge >= 0.3 is 0 Å². The Kier molecular flexibility index (Phi) is 6.30. The fourth-order valence-corrected chi connectivity index (χ4v) is 5.15. The number of aliphatic hydroxyl groups is 1. The number of rotatable bonds is 6. The van der Waals surface area contributed by atoms with E-state index in [-0.39, 0.29) is 0 Å². The van der Waals surface area contributed by atoms with E-state index in [0.29, 0.717) is 44.5 Å². The van der Waals surface area contributed by atoms with Crippen molar-refractivity contribution in [2.75, 3.05) is 0 Å². The van der Waals surface area contributed by atoms with Gasteiger partial charge in [0.1, 0.15) is 12.4 Å². The number of ether oxygens (including phenoxy) is 1. The highest BCUT2D eigenvalue weighted by atomic mass is 35.5. The van der Waals surface area contributed by atoms with Gasteiger partial charge in [-0.25, -0.2) is 4.57 Å². The minimum absolute atomic E-state index is 0.358. The van der Waals surface area contributed by atoms with E-state index in [9.17, 15) is 5.11 Å². The number of aliphatic hydroxyl groups excluding tert-OH is 1. The van der Waals surface area contributed by atoms with Crippen molar-refractivity contribution in [1.82, 2.24) is 9.78 Å². The molecule has 5 nitrogen and oxygen atoms in total. The molecule has 1 aromatic heterocycles. The van der Waals surface area contributed by atoms with Gasteiger partial charge in [0.15, 0.2) is 11.8 Å². The SMILES string of the molecule is OC(c1ccccc1OCc1ccccc1)c1n(-c2c(Cl)cc(Cl)cc2Cl)nc2[n+]1CCC2. The van der Waals surface area contributed by atoms with Crippen LogP contribution in [0.4, 0.5) is 0 Å². The summed E-state index contributed by atoms with van der Waals surface area (Å²) in [5.74, 6) is 2.04. The average molecular weight is 502 g/mol. The second-order valence-corrected chi connectivity index (χ2v) is 9.12. The zero-order valence-corrected chi connectivity index (χ0v) is 19.9. The second-order valence-electron chi connectivity index (χ2n) is 7.87. The van der Waals surface area contributed by atoms with Crippen LogP contribution in [0, 0.1) is 0 Å². The molecular weight excluding hydrogens is 481 g/mol. The van der Waals surface area contributed by atoms with Crippen molar-refractivity contribution < 1.29 is 14.4 Å². The highest BCUT2D eigenvalue weighted by Gasteiger charge is 2.38. The van der Waals surface area contributed by atoms with Gasteiger partial charge in [0.05, 0.1) is 16.6 Å². The lowest BCUT2D eigenvalue weighted by Crippen LogP contribution is -2.38. The van der Waals surface area contributed by atoms with Crippen molar-refractivity contribution in [2.24, 2.45) is 0 Å². The third kappa shape index (κ3) is 4.34. The molecule has 1 aliphatic rings. The summed E-state index contributed by atoms with van der Waals surface area (Å²) in [6.07, 6.45) is 0.748. The molecule has 0 radical (unpaired) electrons. The van der Waals surface area contributed by atoms with Crippen molar-refractivity contribution in [3.8, 4) is 11.4 Å². The molecule has 168 valence electrons. The smallest absolute Gasteiger partial charge is 0.278 e. The van der Waals surface area contributed by atoms with E-state index in [2.05, 4.69) is 0 Å². The van der Waals surface area contributed by atoms with Gasteiger partial charge in [-0.2, -0.15) is 0 Å². The normalized spacial score (nSPS) is 13.7. The first-order valence-corrected chi connectivity index (χ1v) is 11.8. The Morgan fingerprint density at radius 1 is 1.00 bits per heavy atom. The van der Waals surface area contributed by atoms with Gasteiger partial charge in [-0.3, -0.25) is 0 Å². The molecular formula is C25H21Cl3N3O2+. The van der Waals surface area contributed by atoms with Crippen LogP contribution in [-0.2, 0) is 19.6 Å². The molecule has 3 aromatic carbocycles. The van der Waals surface area contributed by atoms with Gasteiger partial charge in [0, 0.05) is 22.1 Å². The maximum atomic E-state index is 11.6. The third-order valence-corrected chi connectivity index (χ3v) is 6.49. The molecule has 0 amide bonds. The zero-order chi connectivity index (χ0) is 22.9. The Hall–Kier alpha value is -2.57. The van der Waals surface area contributed by atoms with Crippen LogP contribution >= 0.6 is 34.8 Å². The van der Waals surface area contributed by atoms with Crippen LogP contribution in [0.3, 0.4) is 0 Å². The van der Waals surface area contributed by atoms with E-state index >= 15 is 0 Å². The number of para-hydroxylation sites is 1.